The summed E-state index contributed by atoms with van der Waals surface area (Å²) in [6.45, 7) is 7.91. The first-order chi connectivity index (χ1) is 11.0. The molecular weight excluding hydrogens is 300 g/mol. The van der Waals surface area contributed by atoms with Gasteiger partial charge < -0.3 is 19.9 Å². The normalized spacial score (nSPS) is 23.5. The largest absolute Gasteiger partial charge is 0.469 e. The zero-order chi connectivity index (χ0) is 16.8. The number of hydrogen-bond donors (Lipinski definition) is 1. The lowest BCUT2D eigenvalue weighted by molar-refractivity contribution is -0.150. The molecule has 2 heterocycles. The smallest absolute Gasteiger partial charge is 0.308 e. The quantitative estimate of drug-likeness (QED) is 0.620. The molecular formula is C15H26N4O4. The summed E-state index contributed by atoms with van der Waals surface area (Å²) >= 11 is 0. The van der Waals surface area contributed by atoms with Crippen molar-refractivity contribution in [1.82, 2.24) is 20.0 Å². The number of ether oxygens (including phenoxy) is 1. The zero-order valence-corrected chi connectivity index (χ0v) is 13.9. The minimum absolute atomic E-state index is 0.0984. The number of hydrogen-bond acceptors (Lipinski definition) is 6. The number of methoxy groups -OCH3 is 1. The Bertz CT molecular complexity index is 449. The summed E-state index contributed by atoms with van der Waals surface area (Å²) in [5.41, 5.74) is 0. The molecule has 8 nitrogen and oxygen atoms in total. The molecule has 2 amide bonds. The molecule has 2 aliphatic heterocycles. The van der Waals surface area contributed by atoms with Crippen LogP contribution in [0.15, 0.2) is 0 Å². The lowest BCUT2D eigenvalue weighted by atomic mass is 10.1. The first-order valence-corrected chi connectivity index (χ1v) is 8.13. The maximum Gasteiger partial charge on any atom is 0.308 e. The van der Waals surface area contributed by atoms with Crippen LogP contribution in [0, 0.1) is 0 Å². The summed E-state index contributed by atoms with van der Waals surface area (Å²) < 4.78 is 4.63. The Morgan fingerprint density at radius 2 is 1.83 bits per heavy atom. The first kappa shape index (κ1) is 17.7. The lowest BCUT2D eigenvalue weighted by Gasteiger charge is -2.38. The Kier molecular flexibility index (Phi) is 6.35. The highest BCUT2D eigenvalue weighted by molar-refractivity contribution is 5.92. The number of carbonyl (C=O) groups excluding carboxylic acids is 3. The van der Waals surface area contributed by atoms with Gasteiger partial charge in [0.1, 0.15) is 6.04 Å². The summed E-state index contributed by atoms with van der Waals surface area (Å²) in [4.78, 5) is 42.0. The van der Waals surface area contributed by atoms with Gasteiger partial charge in [-0.3, -0.25) is 19.3 Å². The predicted molar refractivity (Wildman–Crippen MR) is 83.7 cm³/mol. The molecule has 23 heavy (non-hydrogen) atoms. The van der Waals surface area contributed by atoms with Gasteiger partial charge in [0.25, 0.3) is 0 Å². The van der Waals surface area contributed by atoms with Crippen LogP contribution in [0.2, 0.25) is 0 Å². The SMILES string of the molecule is CCN1CCN(CC(=O)N2CCNC(=O)[C@H]2CC(=O)OC)CC1. The van der Waals surface area contributed by atoms with Crippen molar-refractivity contribution in [2.24, 2.45) is 0 Å². The van der Waals surface area contributed by atoms with Gasteiger partial charge in [-0.1, -0.05) is 6.92 Å². The van der Waals surface area contributed by atoms with Crippen LogP contribution in [0.1, 0.15) is 13.3 Å². The zero-order valence-electron chi connectivity index (χ0n) is 13.9. The number of nitrogens with one attached hydrogen (secondary N) is 1. The molecule has 0 bridgehead atoms. The molecule has 2 aliphatic rings. The Morgan fingerprint density at radius 3 is 2.43 bits per heavy atom. The Morgan fingerprint density at radius 1 is 1.17 bits per heavy atom. The van der Waals surface area contributed by atoms with E-state index in [4.69, 9.17) is 0 Å². The maximum absolute atomic E-state index is 12.6. The van der Waals surface area contributed by atoms with E-state index in [1.54, 1.807) is 0 Å². The molecule has 2 rings (SSSR count). The van der Waals surface area contributed by atoms with Gasteiger partial charge in [0.15, 0.2) is 0 Å². The summed E-state index contributed by atoms with van der Waals surface area (Å²) in [7, 11) is 1.28. The number of rotatable bonds is 5. The molecule has 0 aromatic heterocycles. The van der Waals surface area contributed by atoms with Gasteiger partial charge in [-0.2, -0.15) is 0 Å². The maximum atomic E-state index is 12.6. The van der Waals surface area contributed by atoms with Crippen molar-refractivity contribution < 1.29 is 19.1 Å². The summed E-state index contributed by atoms with van der Waals surface area (Å²) in [5, 5.41) is 2.70. The van der Waals surface area contributed by atoms with Crippen molar-refractivity contribution >= 4 is 17.8 Å². The standard InChI is InChI=1S/C15H26N4O4/c1-3-17-6-8-18(9-7-17)11-13(20)19-5-4-16-15(22)12(19)10-14(21)23-2/h12H,3-11H2,1-2H3,(H,16,22)/t12-/m1/s1. The second kappa shape index (κ2) is 8.26. The van der Waals surface area contributed by atoms with Crippen molar-refractivity contribution in [1.29, 1.82) is 0 Å². The monoisotopic (exact) mass is 326 g/mol. The number of esters is 1. The van der Waals surface area contributed by atoms with Gasteiger partial charge in [-0.25, -0.2) is 0 Å². The van der Waals surface area contributed by atoms with E-state index < -0.39 is 12.0 Å². The minimum Gasteiger partial charge on any atom is -0.469 e. The molecule has 0 radical (unpaired) electrons. The van der Waals surface area contributed by atoms with Crippen molar-refractivity contribution in [3.63, 3.8) is 0 Å². The average Bonchev–Trinajstić information content (AvgIpc) is 2.57. The van der Waals surface area contributed by atoms with Gasteiger partial charge in [-0.15, -0.1) is 0 Å². The van der Waals surface area contributed by atoms with Crippen LogP contribution < -0.4 is 5.32 Å². The van der Waals surface area contributed by atoms with E-state index in [2.05, 4.69) is 26.8 Å². The fourth-order valence-corrected chi connectivity index (χ4v) is 3.00. The van der Waals surface area contributed by atoms with Crippen LogP contribution in [0.5, 0.6) is 0 Å². The van der Waals surface area contributed by atoms with Crippen molar-refractivity contribution in [2.45, 2.75) is 19.4 Å². The molecule has 130 valence electrons. The van der Waals surface area contributed by atoms with Crippen LogP contribution in [0.4, 0.5) is 0 Å². The molecule has 0 aromatic carbocycles. The van der Waals surface area contributed by atoms with Crippen molar-refractivity contribution in [3.8, 4) is 0 Å². The first-order valence-electron chi connectivity index (χ1n) is 8.13. The van der Waals surface area contributed by atoms with Crippen LogP contribution >= 0.6 is 0 Å². The molecule has 1 atom stereocenters. The highest BCUT2D eigenvalue weighted by Crippen LogP contribution is 2.11. The predicted octanol–water partition coefficient (Wildman–Crippen LogP) is -1.49. The number of likely N-dealkylation sites (N-methyl/N-ethyl adjacent to an activating group) is 1. The van der Waals surface area contributed by atoms with Crippen molar-refractivity contribution in [3.05, 3.63) is 0 Å². The van der Waals surface area contributed by atoms with Gasteiger partial charge in [0.2, 0.25) is 11.8 Å². The lowest BCUT2D eigenvalue weighted by Crippen LogP contribution is -2.60. The highest BCUT2D eigenvalue weighted by atomic mass is 16.5. The second-order valence-corrected chi connectivity index (χ2v) is 5.88. The van der Waals surface area contributed by atoms with E-state index in [1.165, 1.54) is 12.0 Å². The number of carbonyl (C=O) groups is 3. The Labute approximate surface area is 136 Å². The van der Waals surface area contributed by atoms with Crippen LogP contribution in [-0.2, 0) is 19.1 Å². The summed E-state index contributed by atoms with van der Waals surface area (Å²) in [6.07, 6.45) is -0.0995. The third-order valence-electron chi connectivity index (χ3n) is 4.51. The topological polar surface area (TPSA) is 82.2 Å². The molecule has 8 heteroatoms. The molecule has 0 saturated carbocycles. The number of piperazine rings is 2. The second-order valence-electron chi connectivity index (χ2n) is 5.88. The molecule has 0 unspecified atom stereocenters. The van der Waals surface area contributed by atoms with Crippen LogP contribution in [-0.4, -0.2) is 98.0 Å². The van der Waals surface area contributed by atoms with Gasteiger partial charge in [0, 0.05) is 39.3 Å². The fraction of sp³-hybridized carbons (Fsp3) is 0.800. The molecule has 0 aliphatic carbocycles. The molecule has 2 saturated heterocycles. The van der Waals surface area contributed by atoms with E-state index in [9.17, 15) is 14.4 Å². The summed E-state index contributed by atoms with van der Waals surface area (Å²) in [5.74, 6) is -0.870. The van der Waals surface area contributed by atoms with Gasteiger partial charge >= 0.3 is 5.97 Å². The minimum atomic E-state index is -0.763. The Hall–Kier alpha value is -1.67. The van der Waals surface area contributed by atoms with E-state index in [1.807, 2.05) is 0 Å². The van der Waals surface area contributed by atoms with E-state index in [0.717, 1.165) is 32.7 Å². The number of nitrogens with zero attached hydrogens (tertiary/aromatic N) is 3. The molecule has 1 N–H and O–H groups in total. The van der Waals surface area contributed by atoms with E-state index >= 15 is 0 Å². The molecule has 2 fully saturated rings. The number of amides is 2. The molecule has 0 spiro atoms. The van der Waals surface area contributed by atoms with E-state index in [0.29, 0.717) is 19.6 Å². The van der Waals surface area contributed by atoms with Crippen LogP contribution in [0.3, 0.4) is 0 Å². The van der Waals surface area contributed by atoms with Crippen LogP contribution in [0.25, 0.3) is 0 Å². The van der Waals surface area contributed by atoms with Gasteiger partial charge in [-0.05, 0) is 6.54 Å². The fourth-order valence-electron chi connectivity index (χ4n) is 3.00. The Balaban J connectivity index is 1.93. The third-order valence-corrected chi connectivity index (χ3v) is 4.51. The van der Waals surface area contributed by atoms with E-state index in [-0.39, 0.29) is 18.2 Å². The van der Waals surface area contributed by atoms with Gasteiger partial charge in [0.05, 0.1) is 20.1 Å². The summed E-state index contributed by atoms with van der Waals surface area (Å²) in [6, 6.07) is -0.763. The average molecular weight is 326 g/mol. The molecule has 0 aromatic rings. The highest BCUT2D eigenvalue weighted by Gasteiger charge is 2.35. The van der Waals surface area contributed by atoms with Crippen molar-refractivity contribution in [2.75, 3.05) is 59.5 Å². The third kappa shape index (κ3) is 4.65.